The van der Waals surface area contributed by atoms with E-state index in [-0.39, 0.29) is 30.7 Å². The van der Waals surface area contributed by atoms with Crippen molar-refractivity contribution >= 4 is 30.7 Å². The second-order valence-electron chi connectivity index (χ2n) is 5.26. The van der Waals surface area contributed by atoms with Gasteiger partial charge in [0, 0.05) is 25.6 Å². The van der Waals surface area contributed by atoms with E-state index in [4.69, 9.17) is 0 Å². The Bertz CT molecular complexity index is 390. The molecule has 2 N–H and O–H groups in total. The van der Waals surface area contributed by atoms with Crippen molar-refractivity contribution in [1.82, 2.24) is 15.5 Å². The SMILES string of the molecule is CNCCCC(=O)NCC(C)N(C)Cc1ccccc1.Cl.Cl. The first kappa shape index (κ1) is 23.5. The van der Waals surface area contributed by atoms with Gasteiger partial charge in [0.2, 0.25) is 5.91 Å². The number of hydrogen-bond donors (Lipinski definition) is 2. The number of amides is 1. The molecule has 1 amide bonds. The molecule has 0 saturated carbocycles. The zero-order valence-electron chi connectivity index (χ0n) is 13.7. The van der Waals surface area contributed by atoms with Crippen LogP contribution >= 0.6 is 24.8 Å². The fourth-order valence-electron chi connectivity index (χ4n) is 1.96. The Hall–Kier alpha value is -0.810. The Kier molecular flexibility index (Phi) is 14.7. The van der Waals surface area contributed by atoms with Crippen LogP contribution in [-0.4, -0.2) is 44.0 Å². The van der Waals surface area contributed by atoms with Gasteiger partial charge in [-0.25, -0.2) is 0 Å². The molecule has 4 nitrogen and oxygen atoms in total. The van der Waals surface area contributed by atoms with Gasteiger partial charge in [-0.15, -0.1) is 24.8 Å². The number of hydrogen-bond acceptors (Lipinski definition) is 3. The van der Waals surface area contributed by atoms with Gasteiger partial charge in [-0.05, 0) is 39.5 Å². The Labute approximate surface area is 146 Å². The van der Waals surface area contributed by atoms with Crippen LogP contribution in [0.3, 0.4) is 0 Å². The summed E-state index contributed by atoms with van der Waals surface area (Å²) in [5.74, 6) is 0.139. The minimum absolute atomic E-state index is 0. The van der Waals surface area contributed by atoms with E-state index in [0.717, 1.165) is 19.5 Å². The molecule has 1 aromatic carbocycles. The second kappa shape index (κ2) is 13.8. The van der Waals surface area contributed by atoms with E-state index in [0.29, 0.717) is 19.0 Å². The first-order valence-electron chi connectivity index (χ1n) is 7.29. The average molecular weight is 350 g/mol. The van der Waals surface area contributed by atoms with Gasteiger partial charge in [0.05, 0.1) is 0 Å². The minimum atomic E-state index is 0. The molecule has 1 unspecified atom stereocenters. The number of benzene rings is 1. The summed E-state index contributed by atoms with van der Waals surface area (Å²) >= 11 is 0. The molecule has 0 radical (unpaired) electrons. The topological polar surface area (TPSA) is 44.4 Å². The molecule has 1 atom stereocenters. The molecule has 0 aliphatic rings. The molecule has 22 heavy (non-hydrogen) atoms. The largest absolute Gasteiger partial charge is 0.355 e. The van der Waals surface area contributed by atoms with Crippen molar-refractivity contribution in [2.45, 2.75) is 32.4 Å². The van der Waals surface area contributed by atoms with Crippen molar-refractivity contribution in [2.24, 2.45) is 0 Å². The number of carbonyl (C=O) groups is 1. The van der Waals surface area contributed by atoms with Crippen molar-refractivity contribution in [3.05, 3.63) is 35.9 Å². The Balaban J connectivity index is 0. The zero-order chi connectivity index (χ0) is 14.8. The molecule has 0 bridgehead atoms. The number of rotatable bonds is 9. The molecule has 0 fully saturated rings. The summed E-state index contributed by atoms with van der Waals surface area (Å²) in [7, 11) is 3.99. The van der Waals surface area contributed by atoms with Crippen LogP contribution in [0.4, 0.5) is 0 Å². The molecule has 0 heterocycles. The lowest BCUT2D eigenvalue weighted by atomic mass is 10.2. The molecule has 0 aliphatic carbocycles. The second-order valence-corrected chi connectivity index (χ2v) is 5.26. The number of carbonyl (C=O) groups excluding carboxylic acids is 1. The quantitative estimate of drug-likeness (QED) is 0.673. The lowest BCUT2D eigenvalue weighted by Crippen LogP contribution is -2.39. The predicted octanol–water partition coefficient (Wildman–Crippen LogP) is 2.47. The maximum Gasteiger partial charge on any atom is 0.220 e. The molecule has 6 heteroatoms. The van der Waals surface area contributed by atoms with Gasteiger partial charge in [0.15, 0.2) is 0 Å². The molecular weight excluding hydrogens is 321 g/mol. The van der Waals surface area contributed by atoms with Gasteiger partial charge < -0.3 is 10.6 Å². The third kappa shape index (κ3) is 10.0. The van der Waals surface area contributed by atoms with Gasteiger partial charge in [0.25, 0.3) is 0 Å². The predicted molar refractivity (Wildman–Crippen MR) is 98.0 cm³/mol. The molecule has 0 aliphatic heterocycles. The molecule has 0 spiro atoms. The highest BCUT2D eigenvalue weighted by Crippen LogP contribution is 2.05. The molecule has 128 valence electrons. The first-order valence-corrected chi connectivity index (χ1v) is 7.29. The Morgan fingerprint density at radius 2 is 1.86 bits per heavy atom. The van der Waals surface area contributed by atoms with Gasteiger partial charge in [-0.2, -0.15) is 0 Å². The van der Waals surface area contributed by atoms with Crippen LogP contribution in [0.5, 0.6) is 0 Å². The Morgan fingerprint density at radius 3 is 2.45 bits per heavy atom. The molecule has 1 aromatic rings. The van der Waals surface area contributed by atoms with E-state index in [1.54, 1.807) is 0 Å². The van der Waals surface area contributed by atoms with Gasteiger partial charge in [-0.3, -0.25) is 9.69 Å². The normalized spacial score (nSPS) is 11.3. The monoisotopic (exact) mass is 349 g/mol. The molecular formula is C16H29Cl2N3O. The van der Waals surface area contributed by atoms with E-state index in [2.05, 4.69) is 53.8 Å². The van der Waals surface area contributed by atoms with Crippen molar-refractivity contribution in [3.63, 3.8) is 0 Å². The third-order valence-corrected chi connectivity index (χ3v) is 3.45. The fourth-order valence-corrected chi connectivity index (χ4v) is 1.96. The van der Waals surface area contributed by atoms with Gasteiger partial charge in [0.1, 0.15) is 0 Å². The average Bonchev–Trinajstić information content (AvgIpc) is 2.46. The summed E-state index contributed by atoms with van der Waals surface area (Å²) in [6, 6.07) is 10.7. The molecule has 1 rings (SSSR count). The number of likely N-dealkylation sites (N-methyl/N-ethyl adjacent to an activating group) is 1. The van der Waals surface area contributed by atoms with Crippen LogP contribution in [0.1, 0.15) is 25.3 Å². The lowest BCUT2D eigenvalue weighted by molar-refractivity contribution is -0.121. The summed E-state index contributed by atoms with van der Waals surface area (Å²) in [6.45, 7) is 4.62. The summed E-state index contributed by atoms with van der Waals surface area (Å²) in [5.41, 5.74) is 1.29. The van der Waals surface area contributed by atoms with Crippen molar-refractivity contribution in [3.8, 4) is 0 Å². The van der Waals surface area contributed by atoms with Crippen molar-refractivity contribution < 1.29 is 4.79 Å². The standard InChI is InChI=1S/C16H27N3O.2ClH/c1-14(12-18-16(20)10-7-11-17-2)19(3)13-15-8-5-4-6-9-15;;/h4-6,8-9,14,17H,7,10-13H2,1-3H3,(H,18,20);2*1H. The van der Waals surface area contributed by atoms with Crippen molar-refractivity contribution in [2.75, 3.05) is 27.2 Å². The van der Waals surface area contributed by atoms with Crippen LogP contribution in [0, 0.1) is 0 Å². The fraction of sp³-hybridized carbons (Fsp3) is 0.562. The van der Waals surface area contributed by atoms with E-state index in [1.165, 1.54) is 5.56 Å². The highest BCUT2D eigenvalue weighted by molar-refractivity contribution is 5.85. The number of nitrogens with zero attached hydrogens (tertiary/aromatic N) is 1. The molecule has 0 saturated heterocycles. The highest BCUT2D eigenvalue weighted by Gasteiger charge is 2.10. The maximum atomic E-state index is 11.6. The van der Waals surface area contributed by atoms with E-state index < -0.39 is 0 Å². The number of nitrogens with one attached hydrogen (secondary N) is 2. The molecule has 0 aromatic heterocycles. The van der Waals surface area contributed by atoms with E-state index in [1.807, 2.05) is 13.1 Å². The maximum absolute atomic E-state index is 11.6. The van der Waals surface area contributed by atoms with Crippen molar-refractivity contribution in [1.29, 1.82) is 0 Å². The number of halogens is 2. The van der Waals surface area contributed by atoms with E-state index >= 15 is 0 Å². The van der Waals surface area contributed by atoms with Crippen LogP contribution in [0.25, 0.3) is 0 Å². The van der Waals surface area contributed by atoms with Crippen LogP contribution in [0.2, 0.25) is 0 Å². The summed E-state index contributed by atoms with van der Waals surface area (Å²) in [5, 5.41) is 6.04. The van der Waals surface area contributed by atoms with Gasteiger partial charge >= 0.3 is 0 Å². The zero-order valence-corrected chi connectivity index (χ0v) is 15.3. The Morgan fingerprint density at radius 1 is 1.23 bits per heavy atom. The third-order valence-electron chi connectivity index (χ3n) is 3.45. The summed E-state index contributed by atoms with van der Waals surface area (Å²) in [4.78, 5) is 13.9. The van der Waals surface area contributed by atoms with E-state index in [9.17, 15) is 4.79 Å². The summed E-state index contributed by atoms with van der Waals surface area (Å²) < 4.78 is 0. The van der Waals surface area contributed by atoms with Crippen LogP contribution in [-0.2, 0) is 11.3 Å². The van der Waals surface area contributed by atoms with Crippen LogP contribution in [0.15, 0.2) is 30.3 Å². The smallest absolute Gasteiger partial charge is 0.220 e. The summed E-state index contributed by atoms with van der Waals surface area (Å²) in [6.07, 6.45) is 1.48. The van der Waals surface area contributed by atoms with Crippen LogP contribution < -0.4 is 10.6 Å². The highest BCUT2D eigenvalue weighted by atomic mass is 35.5. The van der Waals surface area contributed by atoms with Gasteiger partial charge in [-0.1, -0.05) is 30.3 Å². The minimum Gasteiger partial charge on any atom is -0.355 e. The first-order chi connectivity index (χ1) is 9.63. The lowest BCUT2D eigenvalue weighted by Gasteiger charge is -2.25.